The van der Waals surface area contributed by atoms with Crippen LogP contribution in [0.15, 0.2) is 53.7 Å². The lowest BCUT2D eigenvalue weighted by molar-refractivity contribution is 0.0917. The normalized spacial score (nSPS) is 18.6. The highest BCUT2D eigenvalue weighted by molar-refractivity contribution is 7.98. The number of likely N-dealkylation sites (tertiary alicyclic amines) is 1. The van der Waals surface area contributed by atoms with Crippen LogP contribution in [0.4, 0.5) is 0 Å². The number of thioether (sulfide) groups is 1. The van der Waals surface area contributed by atoms with E-state index in [0.717, 1.165) is 19.6 Å². The minimum absolute atomic E-state index is 0.649. The Morgan fingerprint density at radius 3 is 2.80 bits per heavy atom. The van der Waals surface area contributed by atoms with Gasteiger partial charge in [-0.2, -0.15) is 0 Å². The molecule has 1 aliphatic rings. The van der Waals surface area contributed by atoms with Crippen molar-refractivity contribution in [2.45, 2.75) is 43.8 Å². The number of hydrogen-bond acceptors (Lipinski definition) is 4. The van der Waals surface area contributed by atoms with Gasteiger partial charge >= 0.3 is 0 Å². The quantitative estimate of drug-likeness (QED) is 0.690. The molecule has 0 aliphatic carbocycles. The largest absolute Gasteiger partial charge is 0.298 e. The Bertz CT molecular complexity index is 647. The van der Waals surface area contributed by atoms with Gasteiger partial charge in [-0.05, 0) is 67.6 Å². The summed E-state index contributed by atoms with van der Waals surface area (Å²) in [6, 6.07) is 13.9. The van der Waals surface area contributed by atoms with Crippen LogP contribution in [0.5, 0.6) is 0 Å². The van der Waals surface area contributed by atoms with Gasteiger partial charge in [-0.1, -0.05) is 19.1 Å². The second kappa shape index (κ2) is 9.37. The lowest BCUT2D eigenvalue weighted by Gasteiger charge is -2.39. The molecule has 2 aromatic rings. The summed E-state index contributed by atoms with van der Waals surface area (Å²) in [7, 11) is 0. The fraction of sp³-hybridized carbons (Fsp3) is 0.476. The van der Waals surface area contributed by atoms with Gasteiger partial charge in [0, 0.05) is 43.0 Å². The molecule has 0 amide bonds. The van der Waals surface area contributed by atoms with Crippen molar-refractivity contribution in [3.8, 4) is 0 Å². The summed E-state index contributed by atoms with van der Waals surface area (Å²) >= 11 is 1.82. The van der Waals surface area contributed by atoms with E-state index in [9.17, 15) is 0 Å². The molecule has 134 valence electrons. The minimum atomic E-state index is 0.649. The Morgan fingerprint density at radius 2 is 2.04 bits per heavy atom. The van der Waals surface area contributed by atoms with Crippen LogP contribution in [0.1, 0.15) is 30.9 Å². The highest BCUT2D eigenvalue weighted by atomic mass is 32.2. The molecular formula is C21H29N3S. The predicted octanol–water partition coefficient (Wildman–Crippen LogP) is 4.29. The molecule has 0 spiro atoms. The molecule has 0 bridgehead atoms. The summed E-state index contributed by atoms with van der Waals surface area (Å²) in [5, 5.41) is 0. The van der Waals surface area contributed by atoms with Crippen LogP contribution in [0, 0.1) is 0 Å². The number of pyridine rings is 1. The van der Waals surface area contributed by atoms with E-state index in [0.29, 0.717) is 6.04 Å². The Labute approximate surface area is 156 Å². The molecule has 4 heteroatoms. The number of aromatic nitrogens is 1. The highest BCUT2D eigenvalue weighted by Gasteiger charge is 2.24. The third-order valence-electron chi connectivity index (χ3n) is 5.08. The summed E-state index contributed by atoms with van der Waals surface area (Å²) in [6.07, 6.45) is 8.54. The Kier molecular flexibility index (Phi) is 6.91. The van der Waals surface area contributed by atoms with E-state index < -0.39 is 0 Å². The summed E-state index contributed by atoms with van der Waals surface area (Å²) in [5.74, 6) is 0. The van der Waals surface area contributed by atoms with Crippen LogP contribution in [-0.4, -0.2) is 46.7 Å². The van der Waals surface area contributed by atoms with Crippen LogP contribution >= 0.6 is 11.8 Å². The predicted molar refractivity (Wildman–Crippen MR) is 107 cm³/mol. The zero-order valence-electron chi connectivity index (χ0n) is 15.4. The van der Waals surface area contributed by atoms with E-state index in [2.05, 4.69) is 64.4 Å². The summed E-state index contributed by atoms with van der Waals surface area (Å²) in [4.78, 5) is 10.7. The van der Waals surface area contributed by atoms with Crippen molar-refractivity contribution in [2.75, 3.05) is 25.9 Å². The van der Waals surface area contributed by atoms with Crippen molar-refractivity contribution < 1.29 is 0 Å². The maximum Gasteiger partial charge on any atom is 0.0271 e. The van der Waals surface area contributed by atoms with Gasteiger partial charge in [-0.3, -0.25) is 14.8 Å². The van der Waals surface area contributed by atoms with Crippen molar-refractivity contribution in [2.24, 2.45) is 0 Å². The lowest BCUT2D eigenvalue weighted by Crippen LogP contribution is -2.47. The average Bonchev–Trinajstić information content (AvgIpc) is 2.67. The summed E-state index contributed by atoms with van der Waals surface area (Å²) < 4.78 is 0. The molecule has 25 heavy (non-hydrogen) atoms. The van der Waals surface area contributed by atoms with Gasteiger partial charge in [0.2, 0.25) is 0 Å². The van der Waals surface area contributed by atoms with Gasteiger partial charge in [0.1, 0.15) is 0 Å². The van der Waals surface area contributed by atoms with E-state index >= 15 is 0 Å². The molecule has 0 radical (unpaired) electrons. The molecule has 2 heterocycles. The molecule has 3 rings (SSSR count). The number of piperidine rings is 1. The SMILES string of the molecule is CCN(Cc1ccncc1)C1CCCN(Cc2cccc(SC)c2)C1. The summed E-state index contributed by atoms with van der Waals surface area (Å²) in [5.41, 5.74) is 2.80. The summed E-state index contributed by atoms with van der Waals surface area (Å²) in [6.45, 7) is 7.86. The molecular weight excluding hydrogens is 326 g/mol. The van der Waals surface area contributed by atoms with Crippen molar-refractivity contribution >= 4 is 11.8 Å². The Balaban J connectivity index is 1.61. The third kappa shape index (κ3) is 5.30. The fourth-order valence-electron chi connectivity index (χ4n) is 3.72. The number of rotatable bonds is 7. The van der Waals surface area contributed by atoms with Crippen LogP contribution in [0.2, 0.25) is 0 Å². The second-order valence-corrected chi connectivity index (χ2v) is 7.68. The maximum atomic E-state index is 4.14. The third-order valence-corrected chi connectivity index (χ3v) is 5.80. The lowest BCUT2D eigenvalue weighted by atomic mass is 10.0. The second-order valence-electron chi connectivity index (χ2n) is 6.80. The molecule has 0 N–H and O–H groups in total. The van der Waals surface area contributed by atoms with Gasteiger partial charge in [0.05, 0.1) is 0 Å². The first-order chi connectivity index (χ1) is 12.3. The molecule has 1 atom stereocenters. The molecule has 1 saturated heterocycles. The van der Waals surface area contributed by atoms with Crippen molar-refractivity contribution in [3.05, 3.63) is 59.9 Å². The van der Waals surface area contributed by atoms with Gasteiger partial charge in [0.15, 0.2) is 0 Å². The first-order valence-corrected chi connectivity index (χ1v) is 10.5. The van der Waals surface area contributed by atoms with Crippen molar-refractivity contribution in [1.82, 2.24) is 14.8 Å². The van der Waals surface area contributed by atoms with Gasteiger partial charge < -0.3 is 0 Å². The Hall–Kier alpha value is -1.36. The standard InChI is InChI=1S/C21H29N3S/c1-3-24(16-18-9-11-22-12-10-18)20-7-5-13-23(17-20)15-19-6-4-8-21(14-19)25-2/h4,6,8-12,14,20H,3,5,7,13,15-17H2,1-2H3. The van der Waals surface area contributed by atoms with Crippen LogP contribution in [0.3, 0.4) is 0 Å². The Morgan fingerprint density at radius 1 is 1.20 bits per heavy atom. The molecule has 1 fully saturated rings. The number of hydrogen-bond donors (Lipinski definition) is 0. The van der Waals surface area contributed by atoms with E-state index in [1.54, 1.807) is 0 Å². The average molecular weight is 356 g/mol. The van der Waals surface area contributed by atoms with E-state index in [4.69, 9.17) is 0 Å². The number of nitrogens with zero attached hydrogens (tertiary/aromatic N) is 3. The van der Waals surface area contributed by atoms with E-state index in [-0.39, 0.29) is 0 Å². The number of likely N-dealkylation sites (N-methyl/N-ethyl adjacent to an activating group) is 1. The molecule has 0 saturated carbocycles. The molecule has 1 aliphatic heterocycles. The molecule has 1 aromatic carbocycles. The first-order valence-electron chi connectivity index (χ1n) is 9.26. The van der Waals surface area contributed by atoms with Crippen molar-refractivity contribution in [3.63, 3.8) is 0 Å². The van der Waals surface area contributed by atoms with E-state index in [1.807, 2.05) is 24.2 Å². The first kappa shape index (κ1) is 18.4. The van der Waals surface area contributed by atoms with Gasteiger partial charge in [-0.25, -0.2) is 0 Å². The highest BCUT2D eigenvalue weighted by Crippen LogP contribution is 2.21. The van der Waals surface area contributed by atoms with E-state index in [1.165, 1.54) is 42.0 Å². The zero-order valence-corrected chi connectivity index (χ0v) is 16.2. The molecule has 3 nitrogen and oxygen atoms in total. The van der Waals surface area contributed by atoms with Crippen LogP contribution in [-0.2, 0) is 13.1 Å². The fourth-order valence-corrected chi connectivity index (χ4v) is 4.21. The molecule has 1 aromatic heterocycles. The maximum absolute atomic E-state index is 4.14. The van der Waals surface area contributed by atoms with Gasteiger partial charge in [-0.15, -0.1) is 11.8 Å². The number of benzene rings is 1. The minimum Gasteiger partial charge on any atom is -0.298 e. The van der Waals surface area contributed by atoms with Crippen LogP contribution in [0.25, 0.3) is 0 Å². The zero-order chi connectivity index (χ0) is 17.5. The van der Waals surface area contributed by atoms with Gasteiger partial charge in [0.25, 0.3) is 0 Å². The smallest absolute Gasteiger partial charge is 0.0271 e. The molecule has 1 unspecified atom stereocenters. The topological polar surface area (TPSA) is 19.4 Å². The van der Waals surface area contributed by atoms with Crippen LogP contribution < -0.4 is 0 Å². The monoisotopic (exact) mass is 355 g/mol. The van der Waals surface area contributed by atoms with Crippen molar-refractivity contribution in [1.29, 1.82) is 0 Å².